The first-order valence-corrected chi connectivity index (χ1v) is 11.4. The van der Waals surface area contributed by atoms with Crippen LogP contribution in [0.15, 0.2) is 48.5 Å². The minimum absolute atomic E-state index is 0.147. The quantitative estimate of drug-likeness (QED) is 0.610. The number of rotatable bonds is 8. The van der Waals surface area contributed by atoms with Gasteiger partial charge in [0.15, 0.2) is 0 Å². The Morgan fingerprint density at radius 2 is 1.83 bits per heavy atom. The van der Waals surface area contributed by atoms with Gasteiger partial charge in [-0.25, -0.2) is 0 Å². The number of hydrogen-bond donors (Lipinski definition) is 2. The molecule has 2 N–H and O–H groups in total. The van der Waals surface area contributed by atoms with Gasteiger partial charge >= 0.3 is 0 Å². The third-order valence-corrected chi connectivity index (χ3v) is 7.14. The highest BCUT2D eigenvalue weighted by molar-refractivity contribution is 5.46. The second-order valence-corrected chi connectivity index (χ2v) is 8.91. The highest BCUT2D eigenvalue weighted by atomic mass is 16.5. The molecule has 3 heteroatoms. The van der Waals surface area contributed by atoms with Crippen molar-refractivity contribution in [2.24, 2.45) is 0 Å². The Bertz CT molecular complexity index is 806. The average Bonchev–Trinajstić information content (AvgIpc) is 2.76. The van der Waals surface area contributed by atoms with Crippen LogP contribution in [0.2, 0.25) is 0 Å². The number of hydrogen-bond acceptors (Lipinski definition) is 3. The summed E-state index contributed by atoms with van der Waals surface area (Å²) in [6.07, 6.45) is 8.34. The zero-order valence-electron chi connectivity index (χ0n) is 17.8. The summed E-state index contributed by atoms with van der Waals surface area (Å²) in [5.41, 5.74) is 3.20. The minimum atomic E-state index is -0.579. The predicted molar refractivity (Wildman–Crippen MR) is 118 cm³/mol. The molecular weight excluding hydrogens is 358 g/mol. The van der Waals surface area contributed by atoms with Gasteiger partial charge < -0.3 is 15.2 Å². The third-order valence-electron chi connectivity index (χ3n) is 7.14. The maximum absolute atomic E-state index is 11.8. The van der Waals surface area contributed by atoms with Crippen LogP contribution in [0.25, 0.3) is 0 Å². The molecule has 2 aliphatic carbocycles. The van der Waals surface area contributed by atoms with E-state index in [1.54, 1.807) is 0 Å². The molecule has 0 amide bonds. The Labute approximate surface area is 175 Å². The van der Waals surface area contributed by atoms with Crippen molar-refractivity contribution in [2.45, 2.75) is 75.9 Å². The molecule has 0 aliphatic heterocycles. The van der Waals surface area contributed by atoms with Crippen molar-refractivity contribution in [3.63, 3.8) is 0 Å². The highest BCUT2D eigenvalue weighted by Gasteiger charge is 2.54. The van der Waals surface area contributed by atoms with Crippen molar-refractivity contribution in [1.82, 2.24) is 5.32 Å². The molecule has 0 aromatic heterocycles. The summed E-state index contributed by atoms with van der Waals surface area (Å²) in [5, 5.41) is 15.4. The van der Waals surface area contributed by atoms with Gasteiger partial charge in [0.2, 0.25) is 0 Å². The lowest BCUT2D eigenvalue weighted by Crippen LogP contribution is -2.57. The number of nitrogens with one attached hydrogen (secondary N) is 1. The van der Waals surface area contributed by atoms with E-state index in [1.807, 2.05) is 18.2 Å². The summed E-state index contributed by atoms with van der Waals surface area (Å²) in [7, 11) is 0. The van der Waals surface area contributed by atoms with Crippen molar-refractivity contribution in [2.75, 3.05) is 13.1 Å². The predicted octanol–water partition coefficient (Wildman–Crippen LogP) is 5.14. The maximum Gasteiger partial charge on any atom is 0.120 e. The highest BCUT2D eigenvalue weighted by Crippen LogP contribution is 2.55. The third kappa shape index (κ3) is 4.08. The van der Waals surface area contributed by atoms with Crippen LogP contribution < -0.4 is 10.1 Å². The largest absolute Gasteiger partial charge is 0.489 e. The summed E-state index contributed by atoms with van der Waals surface area (Å²) in [5.74, 6) is 0.920. The molecule has 2 atom stereocenters. The number of benzene rings is 2. The lowest BCUT2D eigenvalue weighted by atomic mass is 9.53. The first-order valence-electron chi connectivity index (χ1n) is 11.4. The number of aryl methyl sites for hydroxylation is 1. The van der Waals surface area contributed by atoms with Gasteiger partial charge in [0.25, 0.3) is 0 Å². The van der Waals surface area contributed by atoms with E-state index in [0.717, 1.165) is 63.8 Å². The van der Waals surface area contributed by atoms with Crippen molar-refractivity contribution in [3.8, 4) is 5.75 Å². The second kappa shape index (κ2) is 8.89. The average molecular weight is 394 g/mol. The van der Waals surface area contributed by atoms with E-state index in [2.05, 4.69) is 42.6 Å². The van der Waals surface area contributed by atoms with E-state index in [9.17, 15) is 5.11 Å². The molecule has 2 aromatic carbocycles. The van der Waals surface area contributed by atoms with E-state index >= 15 is 0 Å². The van der Waals surface area contributed by atoms with Gasteiger partial charge in [-0.3, -0.25) is 0 Å². The topological polar surface area (TPSA) is 41.5 Å². The van der Waals surface area contributed by atoms with E-state index in [4.69, 9.17) is 4.74 Å². The monoisotopic (exact) mass is 393 g/mol. The summed E-state index contributed by atoms with van der Waals surface area (Å²) < 4.78 is 6.16. The van der Waals surface area contributed by atoms with Crippen LogP contribution in [0.5, 0.6) is 5.75 Å². The van der Waals surface area contributed by atoms with Crippen molar-refractivity contribution in [3.05, 3.63) is 65.2 Å². The number of fused-ring (bicyclic) bond motifs is 3. The molecule has 0 spiro atoms. The molecule has 0 heterocycles. The maximum atomic E-state index is 11.8. The zero-order chi connectivity index (χ0) is 20.2. The van der Waals surface area contributed by atoms with Crippen LogP contribution >= 0.6 is 0 Å². The van der Waals surface area contributed by atoms with Crippen LogP contribution in [0.3, 0.4) is 0 Å². The molecule has 0 bridgehead atoms. The molecule has 1 saturated carbocycles. The molecule has 0 radical (unpaired) electrons. The summed E-state index contributed by atoms with van der Waals surface area (Å²) in [6.45, 7) is 4.79. The number of ether oxygens (including phenoxy) is 1. The van der Waals surface area contributed by atoms with Crippen molar-refractivity contribution >= 4 is 0 Å². The van der Waals surface area contributed by atoms with Crippen molar-refractivity contribution in [1.29, 1.82) is 0 Å². The molecule has 1 fully saturated rings. The van der Waals surface area contributed by atoms with Gasteiger partial charge in [-0.15, -0.1) is 0 Å². The molecule has 29 heavy (non-hydrogen) atoms. The van der Waals surface area contributed by atoms with E-state index in [1.165, 1.54) is 23.1 Å². The van der Waals surface area contributed by atoms with Crippen LogP contribution in [-0.2, 0) is 18.4 Å². The van der Waals surface area contributed by atoms with Gasteiger partial charge in [-0.1, -0.05) is 56.2 Å². The second-order valence-electron chi connectivity index (χ2n) is 8.91. The first-order chi connectivity index (χ1) is 14.2. The number of aliphatic hydroxyl groups is 1. The normalized spacial score (nSPS) is 25.9. The molecule has 0 unspecified atom stereocenters. The lowest BCUT2D eigenvalue weighted by Gasteiger charge is -2.55. The Morgan fingerprint density at radius 3 is 2.66 bits per heavy atom. The Hall–Kier alpha value is -1.84. The van der Waals surface area contributed by atoms with Gasteiger partial charge in [0, 0.05) is 5.41 Å². The van der Waals surface area contributed by atoms with E-state index in [-0.39, 0.29) is 5.41 Å². The van der Waals surface area contributed by atoms with Crippen LogP contribution in [0.4, 0.5) is 0 Å². The standard InChI is InChI=1S/C26H35NO2/c1-2-17-27-18-16-25-13-6-7-14-26(25,28)15-12-22-10-11-23(19-24(22)25)29-20-21-8-4-3-5-9-21/h3-5,8-11,19,27-28H,2,6-7,12-18,20H2,1H3/t25-,26+/m1/s1. The van der Waals surface area contributed by atoms with Crippen LogP contribution in [0, 0.1) is 0 Å². The van der Waals surface area contributed by atoms with Gasteiger partial charge in [-0.05, 0) is 80.4 Å². The molecule has 4 rings (SSSR count). The Kier molecular flexibility index (Phi) is 6.26. The van der Waals surface area contributed by atoms with E-state index < -0.39 is 5.60 Å². The van der Waals surface area contributed by atoms with Crippen LogP contribution in [-0.4, -0.2) is 23.8 Å². The fourth-order valence-electron chi connectivity index (χ4n) is 5.55. The van der Waals surface area contributed by atoms with Gasteiger partial charge in [-0.2, -0.15) is 0 Å². The summed E-state index contributed by atoms with van der Waals surface area (Å²) in [6, 6.07) is 16.9. The fourth-order valence-corrected chi connectivity index (χ4v) is 5.55. The minimum Gasteiger partial charge on any atom is -0.489 e. The molecule has 156 valence electrons. The van der Waals surface area contributed by atoms with E-state index in [0.29, 0.717) is 6.61 Å². The summed E-state index contributed by atoms with van der Waals surface area (Å²) >= 11 is 0. The van der Waals surface area contributed by atoms with Gasteiger partial charge in [0.05, 0.1) is 5.60 Å². The fraction of sp³-hybridized carbons (Fsp3) is 0.538. The smallest absolute Gasteiger partial charge is 0.120 e. The molecule has 2 aromatic rings. The Morgan fingerprint density at radius 1 is 1.00 bits per heavy atom. The molecule has 3 nitrogen and oxygen atoms in total. The first kappa shape index (κ1) is 20.4. The van der Waals surface area contributed by atoms with Gasteiger partial charge in [0.1, 0.15) is 12.4 Å². The zero-order valence-corrected chi connectivity index (χ0v) is 17.8. The lowest BCUT2D eigenvalue weighted by molar-refractivity contribution is -0.0869. The Balaban J connectivity index is 1.61. The van der Waals surface area contributed by atoms with Crippen LogP contribution in [0.1, 0.15) is 68.6 Å². The van der Waals surface area contributed by atoms with Crippen molar-refractivity contribution < 1.29 is 9.84 Å². The summed E-state index contributed by atoms with van der Waals surface area (Å²) in [4.78, 5) is 0. The SMILES string of the molecule is CCCNCC[C@@]12CCCC[C@]1(O)CCc1ccc(OCc3ccccc3)cc12. The molecular formula is C26H35NO2. The molecule has 2 aliphatic rings. The molecule has 0 saturated heterocycles.